The smallest absolute Gasteiger partial charge is 0.312 e. The van der Waals surface area contributed by atoms with Crippen molar-refractivity contribution < 1.29 is 4.42 Å². The quantitative estimate of drug-likeness (QED) is 0.624. The maximum atomic E-state index is 5.25. The molecule has 1 aliphatic rings. The molecule has 1 aliphatic carbocycles. The molecule has 2 unspecified atom stereocenters. The van der Waals surface area contributed by atoms with Gasteiger partial charge in [-0.3, -0.25) is 0 Å². The first-order valence-corrected chi connectivity index (χ1v) is 3.36. The molecule has 2 rings (SSSR count). The van der Waals surface area contributed by atoms with Gasteiger partial charge in [0.15, 0.2) is 0 Å². The van der Waals surface area contributed by atoms with E-state index in [0.29, 0.717) is 17.7 Å². The molecule has 0 spiro atoms. The largest absolute Gasteiger partial charge is 0.408 e. The minimum atomic E-state index is 0.175. The lowest BCUT2D eigenvalue weighted by atomic mass is 10.3. The summed E-state index contributed by atoms with van der Waals surface area (Å²) in [4.78, 5) is 0. The topological polar surface area (TPSA) is 64.9 Å². The number of nitrogen functional groups attached to an aromatic ring is 1. The zero-order valence-electron chi connectivity index (χ0n) is 5.74. The van der Waals surface area contributed by atoms with Crippen LogP contribution in [-0.4, -0.2) is 10.2 Å². The number of nitrogens with two attached hydrogens (primary N) is 1. The third-order valence-corrected chi connectivity index (χ3v) is 1.88. The molecule has 0 aliphatic heterocycles. The van der Waals surface area contributed by atoms with Gasteiger partial charge < -0.3 is 10.2 Å². The van der Waals surface area contributed by atoms with Crippen molar-refractivity contribution in [2.45, 2.75) is 19.3 Å². The highest BCUT2D eigenvalue weighted by atomic mass is 16.4. The maximum absolute atomic E-state index is 5.25. The summed E-state index contributed by atoms with van der Waals surface area (Å²) in [5.41, 5.74) is 5.25. The Bertz CT molecular complexity index is 245. The first-order chi connectivity index (χ1) is 4.77. The number of nitrogens with zero attached hydrogens (tertiary/aromatic N) is 2. The number of anilines is 1. The van der Waals surface area contributed by atoms with Gasteiger partial charge in [0.2, 0.25) is 5.89 Å². The molecule has 10 heavy (non-hydrogen) atoms. The minimum absolute atomic E-state index is 0.175. The molecular formula is C6H9N3O. The fourth-order valence-electron chi connectivity index (χ4n) is 1.06. The van der Waals surface area contributed by atoms with Crippen LogP contribution >= 0.6 is 0 Å². The van der Waals surface area contributed by atoms with Crippen molar-refractivity contribution in [1.82, 2.24) is 10.2 Å². The van der Waals surface area contributed by atoms with Gasteiger partial charge in [-0.25, -0.2) is 0 Å². The second kappa shape index (κ2) is 1.71. The van der Waals surface area contributed by atoms with Crippen molar-refractivity contribution in [3.63, 3.8) is 0 Å². The fraction of sp³-hybridized carbons (Fsp3) is 0.667. The summed E-state index contributed by atoms with van der Waals surface area (Å²) >= 11 is 0. The summed E-state index contributed by atoms with van der Waals surface area (Å²) in [6, 6.07) is 0.175. The Hall–Kier alpha value is -1.06. The van der Waals surface area contributed by atoms with Gasteiger partial charge in [-0.15, -0.1) is 5.10 Å². The van der Waals surface area contributed by atoms with Gasteiger partial charge in [0.1, 0.15) is 0 Å². The highest BCUT2D eigenvalue weighted by molar-refractivity contribution is 5.11. The monoisotopic (exact) mass is 139 g/mol. The molecule has 1 heterocycles. The normalized spacial score (nSPS) is 30.5. The fourth-order valence-corrected chi connectivity index (χ4v) is 1.06. The van der Waals surface area contributed by atoms with Crippen molar-refractivity contribution in [1.29, 1.82) is 0 Å². The molecule has 4 heteroatoms. The van der Waals surface area contributed by atoms with Crippen LogP contribution < -0.4 is 5.73 Å². The Morgan fingerprint density at radius 1 is 1.60 bits per heavy atom. The van der Waals surface area contributed by atoms with Crippen LogP contribution in [0.3, 0.4) is 0 Å². The van der Waals surface area contributed by atoms with E-state index in [0.717, 1.165) is 6.42 Å². The first-order valence-electron chi connectivity index (χ1n) is 3.36. The van der Waals surface area contributed by atoms with Crippen LogP contribution in [0, 0.1) is 5.92 Å². The van der Waals surface area contributed by atoms with Gasteiger partial charge in [-0.05, 0) is 12.3 Å². The molecule has 0 saturated heterocycles. The van der Waals surface area contributed by atoms with E-state index in [1.165, 1.54) is 0 Å². The Labute approximate surface area is 58.4 Å². The van der Waals surface area contributed by atoms with E-state index in [1.807, 2.05) is 0 Å². The van der Waals surface area contributed by atoms with Crippen molar-refractivity contribution in [2.24, 2.45) is 5.92 Å². The van der Waals surface area contributed by atoms with Crippen LogP contribution in [0.1, 0.15) is 25.2 Å². The highest BCUT2D eigenvalue weighted by Crippen LogP contribution is 2.46. The Morgan fingerprint density at radius 2 is 2.30 bits per heavy atom. The Morgan fingerprint density at radius 3 is 2.70 bits per heavy atom. The Balaban J connectivity index is 2.20. The minimum Gasteiger partial charge on any atom is -0.408 e. The first kappa shape index (κ1) is 5.70. The van der Waals surface area contributed by atoms with Crippen LogP contribution in [-0.2, 0) is 0 Å². The molecule has 54 valence electrons. The van der Waals surface area contributed by atoms with Crippen molar-refractivity contribution in [3.05, 3.63) is 5.89 Å². The van der Waals surface area contributed by atoms with Crippen molar-refractivity contribution in [2.75, 3.05) is 5.73 Å². The molecule has 2 atom stereocenters. The van der Waals surface area contributed by atoms with Crippen LogP contribution in [0.25, 0.3) is 0 Å². The summed E-state index contributed by atoms with van der Waals surface area (Å²) in [6.45, 7) is 2.16. The van der Waals surface area contributed by atoms with E-state index in [1.54, 1.807) is 0 Å². The second-order valence-electron chi connectivity index (χ2n) is 2.80. The second-order valence-corrected chi connectivity index (χ2v) is 2.80. The van der Waals surface area contributed by atoms with E-state index in [2.05, 4.69) is 17.1 Å². The van der Waals surface area contributed by atoms with Gasteiger partial charge in [0.25, 0.3) is 0 Å². The lowest BCUT2D eigenvalue weighted by Crippen LogP contribution is -1.81. The summed E-state index contributed by atoms with van der Waals surface area (Å²) in [5, 5.41) is 7.36. The molecule has 1 aromatic rings. The van der Waals surface area contributed by atoms with E-state index in [9.17, 15) is 0 Å². The number of aromatic nitrogens is 2. The van der Waals surface area contributed by atoms with Crippen LogP contribution in [0.5, 0.6) is 0 Å². The van der Waals surface area contributed by atoms with Crippen LogP contribution in [0.4, 0.5) is 6.01 Å². The standard InChI is InChI=1S/C6H9N3O/c1-3-2-4(3)5-8-9-6(7)10-5/h3-4H,2H2,1H3,(H2,7,9). The molecule has 0 bridgehead atoms. The summed E-state index contributed by atoms with van der Waals surface area (Å²) < 4.78 is 5.03. The van der Waals surface area contributed by atoms with Crippen LogP contribution in [0.2, 0.25) is 0 Å². The van der Waals surface area contributed by atoms with Crippen LogP contribution in [0.15, 0.2) is 4.42 Å². The van der Waals surface area contributed by atoms with Crippen molar-refractivity contribution >= 4 is 6.01 Å². The zero-order chi connectivity index (χ0) is 7.14. The summed E-state index contributed by atoms with van der Waals surface area (Å²) in [7, 11) is 0. The molecule has 1 fully saturated rings. The van der Waals surface area contributed by atoms with Gasteiger partial charge in [-0.2, -0.15) is 0 Å². The summed E-state index contributed by atoms with van der Waals surface area (Å²) in [5.74, 6) is 1.87. The average molecular weight is 139 g/mol. The van der Waals surface area contributed by atoms with E-state index < -0.39 is 0 Å². The molecule has 2 N–H and O–H groups in total. The SMILES string of the molecule is CC1CC1c1nnc(N)o1. The van der Waals surface area contributed by atoms with Gasteiger partial charge in [0, 0.05) is 5.92 Å². The predicted octanol–water partition coefficient (Wildman–Crippen LogP) is 0.775. The molecule has 0 aromatic carbocycles. The molecule has 4 nitrogen and oxygen atoms in total. The lowest BCUT2D eigenvalue weighted by molar-refractivity contribution is 0.506. The molecule has 0 radical (unpaired) electrons. The molecule has 0 amide bonds. The summed E-state index contributed by atoms with van der Waals surface area (Å²) in [6.07, 6.45) is 1.15. The van der Waals surface area contributed by atoms with Gasteiger partial charge in [0.05, 0.1) is 0 Å². The van der Waals surface area contributed by atoms with E-state index >= 15 is 0 Å². The lowest BCUT2D eigenvalue weighted by Gasteiger charge is -1.83. The Kier molecular flexibility index (Phi) is 0.977. The van der Waals surface area contributed by atoms with Gasteiger partial charge in [-0.1, -0.05) is 12.0 Å². The molecule has 1 saturated carbocycles. The predicted molar refractivity (Wildman–Crippen MR) is 35.2 cm³/mol. The average Bonchev–Trinajstić information content (AvgIpc) is 2.42. The van der Waals surface area contributed by atoms with E-state index in [-0.39, 0.29) is 6.01 Å². The maximum Gasteiger partial charge on any atom is 0.312 e. The molecular weight excluding hydrogens is 130 g/mol. The number of hydrogen-bond donors (Lipinski definition) is 1. The number of hydrogen-bond acceptors (Lipinski definition) is 4. The van der Waals surface area contributed by atoms with E-state index in [4.69, 9.17) is 10.2 Å². The highest BCUT2D eigenvalue weighted by Gasteiger charge is 2.38. The zero-order valence-corrected chi connectivity index (χ0v) is 5.74. The molecule has 1 aromatic heterocycles. The number of rotatable bonds is 1. The van der Waals surface area contributed by atoms with Gasteiger partial charge >= 0.3 is 6.01 Å². The van der Waals surface area contributed by atoms with Crippen molar-refractivity contribution in [3.8, 4) is 0 Å². The third kappa shape index (κ3) is 0.761. The third-order valence-electron chi connectivity index (χ3n) is 1.88.